The number of halogens is 8. The number of aliphatic hydroxyl groups is 1. The van der Waals surface area contributed by atoms with Crippen molar-refractivity contribution in [1.29, 1.82) is 15.8 Å². The van der Waals surface area contributed by atoms with Crippen LogP contribution >= 0.6 is 0 Å². The third-order valence-electron chi connectivity index (χ3n) is 12.9. The maximum absolute atomic E-state index is 13.6. The average Bonchev–Trinajstić information content (AvgIpc) is 0.899. The van der Waals surface area contributed by atoms with Gasteiger partial charge in [0, 0.05) is 43.6 Å². The van der Waals surface area contributed by atoms with Crippen molar-refractivity contribution in [3.05, 3.63) is 309 Å². The number of nitriles is 2. The van der Waals surface area contributed by atoms with E-state index in [1.807, 2.05) is 25.1 Å². The molecule has 1 N–H and O–H groups in total. The molecule has 483 valence electrons. The van der Waals surface area contributed by atoms with Gasteiger partial charge in [-0.2, -0.15) is 10.5 Å². The Morgan fingerprint density at radius 2 is 0.832 bits per heavy atom. The first-order chi connectivity index (χ1) is 44.5. The zero-order valence-corrected chi connectivity index (χ0v) is 54.8. The monoisotopic (exact) mass is 1310 g/mol. The summed E-state index contributed by atoms with van der Waals surface area (Å²) in [6.45, 7) is 19.3. The van der Waals surface area contributed by atoms with Crippen molar-refractivity contribution in [1.82, 2.24) is 0 Å². The first kappa shape index (κ1) is 83.0. The van der Waals surface area contributed by atoms with Crippen LogP contribution in [0.25, 0.3) is 10.4 Å². The van der Waals surface area contributed by atoms with Crippen LogP contribution in [-0.4, -0.2) is 69.7 Å². The van der Waals surface area contributed by atoms with Gasteiger partial charge in [0.25, 0.3) is 0 Å². The number of esters is 3. The Morgan fingerprint density at radius 3 is 1.09 bits per heavy atom. The van der Waals surface area contributed by atoms with Crippen LogP contribution in [-0.2, 0) is 28.6 Å². The van der Waals surface area contributed by atoms with E-state index in [-0.39, 0.29) is 114 Å². The maximum atomic E-state index is 13.6. The molecule has 8 aromatic carbocycles. The number of ketones is 1. The third kappa shape index (κ3) is 27.6. The summed E-state index contributed by atoms with van der Waals surface area (Å²) >= 11 is 0. The van der Waals surface area contributed by atoms with E-state index in [2.05, 4.69) is 9.58 Å². The summed E-state index contributed by atoms with van der Waals surface area (Å²) in [5.74, 6) is -8.41. The second-order valence-corrected chi connectivity index (χ2v) is 20.2. The number of hydrogen-bond donors (Lipinski definition) is 1. The van der Waals surface area contributed by atoms with Gasteiger partial charge < -0.3 is 36.0 Å². The first-order valence-corrected chi connectivity index (χ1v) is 28.3. The Bertz CT molecular complexity index is 3790. The zero-order chi connectivity index (χ0) is 69.2. The Balaban J connectivity index is 0.000000607. The summed E-state index contributed by atoms with van der Waals surface area (Å²) in [6.07, 6.45) is -0.0927. The van der Waals surface area contributed by atoms with Crippen LogP contribution in [0, 0.1) is 99.4 Å². The van der Waals surface area contributed by atoms with E-state index in [4.69, 9.17) is 27.9 Å². The van der Waals surface area contributed by atoms with Gasteiger partial charge in [0.1, 0.15) is 58.2 Å². The summed E-state index contributed by atoms with van der Waals surface area (Å²) in [5, 5.41) is 34.8. The third-order valence-corrected chi connectivity index (χ3v) is 12.9. The van der Waals surface area contributed by atoms with Crippen LogP contribution in [0.1, 0.15) is 102 Å². The summed E-state index contributed by atoms with van der Waals surface area (Å²) in [5.41, 5.74) is 3.17. The molecule has 3 radical (unpaired) electrons. The number of rotatable bonds is 17. The summed E-state index contributed by atoms with van der Waals surface area (Å²) in [6, 6.07) is 49.0. The summed E-state index contributed by atoms with van der Waals surface area (Å²) in [7, 11) is 1.26. The zero-order valence-electron chi connectivity index (χ0n) is 52.8. The number of benzene rings is 8. The van der Waals surface area contributed by atoms with Crippen molar-refractivity contribution < 1.29 is 103 Å². The number of hydrogen-bond acceptors (Lipinski definition) is 11. The van der Waals surface area contributed by atoms with Crippen LogP contribution in [0.2, 0.25) is 0 Å². The molecule has 0 aliphatic rings. The molecule has 12 nitrogen and oxygen atoms in total. The molecule has 95 heavy (non-hydrogen) atoms. The molecule has 0 aromatic heterocycles. The molecule has 0 spiro atoms. The van der Waals surface area contributed by atoms with E-state index in [1.165, 1.54) is 141 Å². The van der Waals surface area contributed by atoms with Crippen LogP contribution in [0.3, 0.4) is 0 Å². The predicted molar refractivity (Wildman–Crippen MR) is 337 cm³/mol. The molecule has 0 saturated heterocycles. The average molecular weight is 1310 g/mol. The van der Waals surface area contributed by atoms with Gasteiger partial charge in [0.15, 0.2) is 11.7 Å². The van der Waals surface area contributed by atoms with Crippen LogP contribution in [0.5, 0.6) is 0 Å². The molecule has 2 atom stereocenters. The standard InChI is InChI=1S/C19H17F2NO2.C19H15F2NO2.C17H18F2O.C13H8F2O.C4H5NO2.CN.B.Na/c2*1-12(2)24-19(23)17(11-22)18(13-5-3-7-15(20)9-13)14-6-4-8-16(21)10-14;1-2-12(11-20)17(13-5-3-7-15(18)9-13)14-6-4-8-16(19)10-14;14-11-5-1-3-9(7-11)13(16)10-4-2-6-12(15)8-10;1-5-3-4(6)7-2;1-2;;/h3-10,12,17-18H,1-2H3;3-10,12H,1-2H3;3-10,12,17,20H,2,11H2,1H3;1-8H;3H2,2H3;;;/q;;;;;-1;;+1. The van der Waals surface area contributed by atoms with E-state index in [9.17, 15) is 69.9 Å². The maximum Gasteiger partial charge on any atom is 1.00 e. The Morgan fingerprint density at radius 1 is 0.516 bits per heavy atom. The van der Waals surface area contributed by atoms with Gasteiger partial charge in [-0.3, -0.25) is 9.59 Å². The van der Waals surface area contributed by atoms with Crippen molar-refractivity contribution >= 4 is 37.7 Å². The quantitative estimate of drug-likeness (QED) is 0.0133. The fourth-order valence-electron chi connectivity index (χ4n) is 8.93. The van der Waals surface area contributed by atoms with Gasteiger partial charge in [-0.25, -0.2) is 51.3 Å². The molecule has 8 rings (SSSR count). The summed E-state index contributed by atoms with van der Waals surface area (Å²) in [4.78, 5) is 49.1. The second-order valence-electron chi connectivity index (χ2n) is 20.2. The van der Waals surface area contributed by atoms with Crippen LogP contribution in [0.4, 0.5) is 35.1 Å². The number of methoxy groups -OCH3 is 1. The smallest absolute Gasteiger partial charge is 0.512 e. The molecule has 0 amide bonds. The Labute approximate surface area is 571 Å². The molecule has 0 heterocycles. The van der Waals surface area contributed by atoms with E-state index >= 15 is 0 Å². The number of aliphatic hydroxyl groups excluding tert-OH is 1. The topological polar surface area (TPSA) is 192 Å². The van der Waals surface area contributed by atoms with Crippen molar-refractivity contribution in [2.45, 2.75) is 65.1 Å². The summed E-state index contributed by atoms with van der Waals surface area (Å²) < 4.78 is 122. The molecular weight excluding hydrogens is 1250 g/mol. The molecule has 0 aliphatic heterocycles. The van der Waals surface area contributed by atoms with Crippen LogP contribution < -0.4 is 29.6 Å². The molecule has 0 bridgehead atoms. The number of nitrogens with zero attached hydrogens (tertiary/aromatic N) is 4. The molecule has 0 saturated carbocycles. The number of carbonyl (C=O) groups excluding carboxylic acids is 4. The van der Waals surface area contributed by atoms with Crippen molar-refractivity contribution in [2.75, 3.05) is 20.3 Å². The molecule has 0 aliphatic carbocycles. The minimum absolute atomic E-state index is 0. The van der Waals surface area contributed by atoms with Crippen molar-refractivity contribution in [2.24, 2.45) is 11.8 Å². The minimum atomic E-state index is -1.21. The predicted octanol–water partition coefficient (Wildman–Crippen LogP) is 12.5. The number of carbonyl (C=O) groups is 4. The van der Waals surface area contributed by atoms with E-state index < -0.39 is 76.9 Å². The van der Waals surface area contributed by atoms with Gasteiger partial charge >= 0.3 is 54.0 Å². The minimum Gasteiger partial charge on any atom is -0.512 e. The van der Waals surface area contributed by atoms with Gasteiger partial charge in [0.05, 0.1) is 25.4 Å². The van der Waals surface area contributed by atoms with E-state index in [0.29, 0.717) is 11.1 Å². The largest absolute Gasteiger partial charge is 1.00 e. The van der Waals surface area contributed by atoms with Crippen molar-refractivity contribution in [3.8, 4) is 12.1 Å². The molecule has 22 heteroatoms. The van der Waals surface area contributed by atoms with E-state index in [1.54, 1.807) is 70.2 Å². The SMILES string of the molecule is CC(C)OC(=O)C(C#N)=C(c1cccc(F)c1)c1cccc(F)c1.CC(C)OC(=O)C(C#N)C(c1cccc(F)c1)c1cccc(F)c1.CCC(CO)C(c1cccc(F)c1)c1cccc(F)c1.O=C(c1cccc(F)c1)c1cccc(F)c1.[B].[C-]#N.[C-]#[N+]CC(=O)OC.[Na+]. The fourth-order valence-corrected chi connectivity index (χ4v) is 8.93. The van der Waals surface area contributed by atoms with Crippen molar-refractivity contribution in [3.63, 3.8) is 0 Å². The van der Waals surface area contributed by atoms with Gasteiger partial charge in [0.2, 0.25) is 0 Å². The Kier molecular flexibility index (Phi) is 38.2. The molecule has 2 unspecified atom stereocenters. The first-order valence-electron chi connectivity index (χ1n) is 28.3. The second kappa shape index (κ2) is 43.8. The molecule has 0 fully saturated rings. The normalized spacial score (nSPS) is 10.5. The van der Waals surface area contributed by atoms with Gasteiger partial charge in [-0.15, -0.1) is 0 Å². The van der Waals surface area contributed by atoms with Gasteiger partial charge in [-0.1, -0.05) is 110 Å². The van der Waals surface area contributed by atoms with E-state index in [0.717, 1.165) is 29.7 Å². The number of ether oxygens (including phenoxy) is 3. The Hall–Kier alpha value is -10.00. The van der Waals surface area contributed by atoms with Gasteiger partial charge in [-0.05, 0) is 164 Å². The van der Waals surface area contributed by atoms with Crippen LogP contribution in [0.15, 0.2) is 200 Å². The molecular formula is C73H63BF8N4NaO8. The molecule has 8 aromatic rings. The fraction of sp³-hybridized carbons (Fsp3) is 0.205.